The summed E-state index contributed by atoms with van der Waals surface area (Å²) < 4.78 is 60.6. The number of carbonyl (C=O) groups is 1. The summed E-state index contributed by atoms with van der Waals surface area (Å²) in [7, 11) is -4.45. The van der Waals surface area contributed by atoms with Gasteiger partial charge >= 0.3 is 6.18 Å². The number of ketones is 1. The number of aryl methyl sites for hydroxylation is 1. The summed E-state index contributed by atoms with van der Waals surface area (Å²) >= 11 is 3.01. The number of thiophene rings is 1. The van der Waals surface area contributed by atoms with Gasteiger partial charge in [0.1, 0.15) is 10.8 Å². The van der Waals surface area contributed by atoms with Gasteiger partial charge in [-0.3, -0.25) is 4.79 Å². The highest BCUT2D eigenvalue weighted by atomic mass is 32.2. The smallest absolute Gasteiger partial charge is 0.299 e. The minimum atomic E-state index is -4.80. The van der Waals surface area contributed by atoms with Gasteiger partial charge in [0.15, 0.2) is 15.6 Å². The summed E-state index contributed by atoms with van der Waals surface area (Å²) in [5.74, 6) is -2.02. The number of nitrogens with zero attached hydrogens (tertiary/aromatic N) is 1. The first kappa shape index (κ1) is 21.7. The molecule has 0 aliphatic carbocycles. The topological polar surface area (TPSA) is 64.1 Å². The standard InChI is InChI=1S/C19H16F3NO3S3/c1-12-2-7-17(28-12)16-10-27-18(23-16)9-14(24)8-13-3-5-15(6-4-13)29(25,26)11-19(20,21)22/h2-7,10H,8-9,11H2,1H3. The zero-order chi connectivity index (χ0) is 21.2. The number of hydrogen-bond donors (Lipinski definition) is 0. The lowest BCUT2D eigenvalue weighted by atomic mass is 10.1. The molecule has 0 bridgehead atoms. The fourth-order valence-electron chi connectivity index (χ4n) is 2.65. The molecule has 1 aromatic carbocycles. The molecule has 0 aliphatic heterocycles. The average Bonchev–Trinajstić information content (AvgIpc) is 3.22. The first-order chi connectivity index (χ1) is 13.5. The molecule has 154 valence electrons. The van der Waals surface area contributed by atoms with Gasteiger partial charge in [-0.2, -0.15) is 13.2 Å². The average molecular weight is 460 g/mol. The molecule has 0 saturated carbocycles. The summed E-state index contributed by atoms with van der Waals surface area (Å²) in [4.78, 5) is 18.6. The predicted octanol–water partition coefficient (Wildman–Crippen LogP) is 4.87. The van der Waals surface area contributed by atoms with Gasteiger partial charge in [0.05, 0.1) is 21.9 Å². The molecule has 0 aliphatic rings. The molecule has 0 fully saturated rings. The van der Waals surface area contributed by atoms with Crippen molar-refractivity contribution in [3.63, 3.8) is 0 Å². The van der Waals surface area contributed by atoms with E-state index in [-0.39, 0.29) is 18.6 Å². The van der Waals surface area contributed by atoms with Crippen LogP contribution in [0.5, 0.6) is 0 Å². The summed E-state index contributed by atoms with van der Waals surface area (Å²) in [5.41, 5.74) is 1.36. The van der Waals surface area contributed by atoms with Crippen molar-refractivity contribution in [3.8, 4) is 10.6 Å². The summed E-state index contributed by atoms with van der Waals surface area (Å²) in [6.07, 6.45) is -4.61. The van der Waals surface area contributed by atoms with Crippen molar-refractivity contribution in [1.29, 1.82) is 0 Å². The van der Waals surface area contributed by atoms with Crippen molar-refractivity contribution >= 4 is 38.3 Å². The van der Waals surface area contributed by atoms with Crippen LogP contribution in [0.15, 0.2) is 46.7 Å². The normalized spacial score (nSPS) is 12.3. The molecule has 0 spiro atoms. The van der Waals surface area contributed by atoms with Crippen LogP contribution in [-0.4, -0.2) is 31.1 Å². The molecule has 2 heterocycles. The van der Waals surface area contributed by atoms with E-state index in [0.717, 1.165) is 22.7 Å². The van der Waals surface area contributed by atoms with Gasteiger partial charge in [-0.05, 0) is 36.8 Å². The van der Waals surface area contributed by atoms with Crippen molar-refractivity contribution in [2.75, 3.05) is 5.75 Å². The molecule has 0 N–H and O–H groups in total. The van der Waals surface area contributed by atoms with Crippen molar-refractivity contribution in [2.45, 2.75) is 30.8 Å². The second kappa shape index (κ2) is 8.37. The second-order valence-corrected chi connectivity index (χ2v) is 10.7. The highest BCUT2D eigenvalue weighted by Crippen LogP contribution is 2.29. The second-order valence-electron chi connectivity index (χ2n) is 6.45. The SMILES string of the molecule is Cc1ccc(-c2csc(CC(=O)Cc3ccc(S(=O)(=O)CC(F)(F)F)cc3)n2)s1. The molecule has 0 atom stereocenters. The fourth-order valence-corrected chi connectivity index (χ4v) is 5.52. The quantitative estimate of drug-likeness (QED) is 0.506. The Bertz CT molecular complexity index is 1110. The molecule has 0 unspecified atom stereocenters. The van der Waals surface area contributed by atoms with E-state index in [1.807, 2.05) is 24.4 Å². The van der Waals surface area contributed by atoms with Gasteiger partial charge in [0.2, 0.25) is 0 Å². The van der Waals surface area contributed by atoms with E-state index in [1.54, 1.807) is 11.3 Å². The third-order valence-electron chi connectivity index (χ3n) is 3.93. The number of carbonyl (C=O) groups excluding carboxylic acids is 1. The van der Waals surface area contributed by atoms with Crippen LogP contribution >= 0.6 is 22.7 Å². The molecule has 4 nitrogen and oxygen atoms in total. The Morgan fingerprint density at radius 3 is 2.34 bits per heavy atom. The number of rotatable bonds is 7. The van der Waals surface area contributed by atoms with Gasteiger partial charge < -0.3 is 0 Å². The summed E-state index contributed by atoms with van der Waals surface area (Å²) in [6, 6.07) is 8.91. The Labute approximate surface area is 174 Å². The Morgan fingerprint density at radius 2 is 1.76 bits per heavy atom. The third kappa shape index (κ3) is 5.97. The van der Waals surface area contributed by atoms with Gasteiger partial charge in [-0.15, -0.1) is 22.7 Å². The monoisotopic (exact) mass is 459 g/mol. The van der Waals surface area contributed by atoms with Crippen LogP contribution in [0.3, 0.4) is 0 Å². The molecule has 3 aromatic rings. The molecular formula is C19H16F3NO3S3. The van der Waals surface area contributed by atoms with E-state index in [4.69, 9.17) is 0 Å². The maximum atomic E-state index is 12.4. The molecule has 29 heavy (non-hydrogen) atoms. The van der Waals surface area contributed by atoms with Crippen LogP contribution in [0.1, 0.15) is 15.4 Å². The molecule has 0 radical (unpaired) electrons. The van der Waals surface area contributed by atoms with Crippen molar-refractivity contribution in [1.82, 2.24) is 4.98 Å². The van der Waals surface area contributed by atoms with E-state index >= 15 is 0 Å². The molecule has 2 aromatic heterocycles. The highest BCUT2D eigenvalue weighted by Gasteiger charge is 2.35. The highest BCUT2D eigenvalue weighted by molar-refractivity contribution is 7.91. The third-order valence-corrected chi connectivity index (χ3v) is 7.50. The Balaban J connectivity index is 1.62. The van der Waals surface area contributed by atoms with Gasteiger partial charge in [-0.25, -0.2) is 13.4 Å². The molecule has 0 saturated heterocycles. The lowest BCUT2D eigenvalue weighted by molar-refractivity contribution is -0.117. The number of thiazole rings is 1. The number of aromatic nitrogens is 1. The number of alkyl halides is 3. The Hall–Kier alpha value is -2.04. The van der Waals surface area contributed by atoms with E-state index in [2.05, 4.69) is 4.98 Å². The van der Waals surface area contributed by atoms with Crippen LogP contribution in [0, 0.1) is 6.92 Å². The first-order valence-electron chi connectivity index (χ1n) is 8.43. The van der Waals surface area contributed by atoms with Gasteiger partial charge in [-0.1, -0.05) is 12.1 Å². The minimum Gasteiger partial charge on any atom is -0.299 e. The lowest BCUT2D eigenvalue weighted by Crippen LogP contribution is -2.22. The molecule has 3 rings (SSSR count). The maximum Gasteiger partial charge on any atom is 0.403 e. The van der Waals surface area contributed by atoms with Crippen LogP contribution in [0.4, 0.5) is 13.2 Å². The van der Waals surface area contributed by atoms with E-state index in [9.17, 15) is 26.4 Å². The van der Waals surface area contributed by atoms with Crippen molar-refractivity contribution < 1.29 is 26.4 Å². The Kier molecular flexibility index (Phi) is 6.25. The largest absolute Gasteiger partial charge is 0.403 e. The molecule has 10 heteroatoms. The number of sulfone groups is 1. The fraction of sp³-hybridized carbons (Fsp3) is 0.263. The summed E-state index contributed by atoms with van der Waals surface area (Å²) in [6.45, 7) is 2.00. The molecule has 0 amide bonds. The lowest BCUT2D eigenvalue weighted by Gasteiger charge is -2.08. The van der Waals surface area contributed by atoms with Gasteiger partial charge in [0, 0.05) is 16.7 Å². The van der Waals surface area contributed by atoms with Crippen LogP contribution < -0.4 is 0 Å². The summed E-state index contributed by atoms with van der Waals surface area (Å²) in [5, 5.41) is 2.58. The molecular weight excluding hydrogens is 443 g/mol. The maximum absolute atomic E-state index is 12.4. The van der Waals surface area contributed by atoms with Crippen molar-refractivity contribution in [3.05, 3.63) is 57.2 Å². The van der Waals surface area contributed by atoms with E-state index in [1.165, 1.54) is 28.3 Å². The Morgan fingerprint density at radius 1 is 1.07 bits per heavy atom. The number of Topliss-reactive ketones (excluding diaryl/α,β-unsaturated/α-hetero) is 1. The number of halogens is 3. The number of hydrogen-bond acceptors (Lipinski definition) is 6. The zero-order valence-corrected chi connectivity index (χ0v) is 17.6. The van der Waals surface area contributed by atoms with Crippen LogP contribution in [0.2, 0.25) is 0 Å². The van der Waals surface area contributed by atoms with E-state index < -0.39 is 26.7 Å². The van der Waals surface area contributed by atoms with Crippen LogP contribution in [0.25, 0.3) is 10.6 Å². The van der Waals surface area contributed by atoms with Gasteiger partial charge in [0.25, 0.3) is 0 Å². The van der Waals surface area contributed by atoms with Crippen LogP contribution in [-0.2, 0) is 27.5 Å². The number of benzene rings is 1. The van der Waals surface area contributed by atoms with E-state index in [0.29, 0.717) is 10.6 Å². The minimum absolute atomic E-state index is 0.0482. The zero-order valence-electron chi connectivity index (χ0n) is 15.2. The predicted molar refractivity (Wildman–Crippen MR) is 107 cm³/mol. The van der Waals surface area contributed by atoms with Crippen molar-refractivity contribution in [2.24, 2.45) is 0 Å². The first-order valence-corrected chi connectivity index (χ1v) is 11.8.